The minimum atomic E-state index is -0.305. The van der Waals surface area contributed by atoms with Crippen LogP contribution in [0.4, 0.5) is 0 Å². The first-order valence-corrected chi connectivity index (χ1v) is 4.42. The van der Waals surface area contributed by atoms with Gasteiger partial charge in [-0.15, -0.1) is 5.10 Å². The molecule has 1 aliphatic heterocycles. The lowest BCUT2D eigenvalue weighted by atomic mass is 10.1. The molecule has 0 radical (unpaired) electrons. The zero-order chi connectivity index (χ0) is 9.80. The Bertz CT molecular complexity index is 395. The second-order valence-corrected chi connectivity index (χ2v) is 3.03. The normalized spacial score (nSPS) is 14.6. The molecule has 1 aliphatic rings. The van der Waals surface area contributed by atoms with E-state index in [9.17, 15) is 4.79 Å². The lowest BCUT2D eigenvalue weighted by molar-refractivity contribution is -0.112. The predicted octanol–water partition coefficient (Wildman–Crippen LogP) is 1.97. The Labute approximate surface area is 81.4 Å². The molecule has 0 N–H and O–H groups in total. The van der Waals surface area contributed by atoms with E-state index in [0.717, 1.165) is 6.42 Å². The Morgan fingerprint density at radius 2 is 1.86 bits per heavy atom. The van der Waals surface area contributed by atoms with Crippen molar-refractivity contribution in [2.75, 3.05) is 0 Å². The van der Waals surface area contributed by atoms with Crippen molar-refractivity contribution in [3.8, 4) is 0 Å². The quantitative estimate of drug-likeness (QED) is 0.713. The summed E-state index contributed by atoms with van der Waals surface area (Å²) in [4.78, 5) is 11.0. The van der Waals surface area contributed by atoms with Crippen molar-refractivity contribution >= 4 is 11.6 Å². The molecule has 70 valence electrons. The van der Waals surface area contributed by atoms with Gasteiger partial charge in [0.1, 0.15) is 5.71 Å². The molecule has 0 saturated carbocycles. The van der Waals surface area contributed by atoms with Crippen molar-refractivity contribution in [3.63, 3.8) is 0 Å². The molecule has 0 aromatic heterocycles. The summed E-state index contributed by atoms with van der Waals surface area (Å²) in [7, 11) is 0. The van der Waals surface area contributed by atoms with E-state index in [4.69, 9.17) is 0 Å². The highest BCUT2D eigenvalue weighted by atomic mass is 16.2. The van der Waals surface area contributed by atoms with Crippen LogP contribution in [0.1, 0.15) is 12.0 Å². The van der Waals surface area contributed by atoms with E-state index in [1.54, 1.807) is 0 Å². The number of carbonyl (C=O) groups excluding carboxylic acids is 1. The Balaban J connectivity index is 1.93. The summed E-state index contributed by atoms with van der Waals surface area (Å²) in [5.41, 5.74) is 1.64. The second-order valence-electron chi connectivity index (χ2n) is 3.03. The molecule has 1 amide bonds. The average Bonchev–Trinajstić information content (AvgIpc) is 2.63. The van der Waals surface area contributed by atoms with Gasteiger partial charge in [0.25, 0.3) is 0 Å². The van der Waals surface area contributed by atoms with E-state index in [2.05, 4.69) is 15.4 Å². The van der Waals surface area contributed by atoms with Gasteiger partial charge in [0.05, 0.1) is 0 Å². The zero-order valence-electron chi connectivity index (χ0n) is 7.55. The number of aryl methyl sites for hydroxylation is 1. The highest BCUT2D eigenvalue weighted by Gasteiger charge is 2.14. The van der Waals surface area contributed by atoms with Gasteiger partial charge in [0.15, 0.2) is 0 Å². The van der Waals surface area contributed by atoms with Crippen LogP contribution in [0.5, 0.6) is 0 Å². The highest BCUT2D eigenvalue weighted by Crippen LogP contribution is 2.07. The molecule has 0 fully saturated rings. The molecule has 0 aliphatic carbocycles. The second kappa shape index (κ2) is 3.91. The van der Waals surface area contributed by atoms with Crippen LogP contribution in [0.25, 0.3) is 0 Å². The van der Waals surface area contributed by atoms with E-state index in [1.807, 2.05) is 30.3 Å². The van der Waals surface area contributed by atoms with E-state index >= 15 is 0 Å². The standard InChI is InChI=1S/C10H9N3O/c14-10-9(11-13-12-10)7-6-8-4-2-1-3-5-8/h1-5H,6-7H2. The van der Waals surface area contributed by atoms with Crippen LogP contribution in [-0.4, -0.2) is 11.6 Å². The first-order chi connectivity index (χ1) is 6.86. The van der Waals surface area contributed by atoms with E-state index in [0.29, 0.717) is 12.1 Å². The fourth-order valence-corrected chi connectivity index (χ4v) is 1.28. The number of nitrogens with zero attached hydrogens (tertiary/aromatic N) is 3. The van der Waals surface area contributed by atoms with Gasteiger partial charge in [-0.05, 0) is 17.2 Å². The molecule has 14 heavy (non-hydrogen) atoms. The van der Waals surface area contributed by atoms with Gasteiger partial charge >= 0.3 is 5.91 Å². The topological polar surface area (TPSA) is 54.1 Å². The average molecular weight is 187 g/mol. The Kier molecular flexibility index (Phi) is 2.44. The van der Waals surface area contributed by atoms with Gasteiger partial charge in [-0.2, -0.15) is 0 Å². The Morgan fingerprint density at radius 3 is 2.50 bits per heavy atom. The van der Waals surface area contributed by atoms with Gasteiger partial charge in [-0.3, -0.25) is 4.79 Å². The first kappa shape index (κ1) is 8.74. The van der Waals surface area contributed by atoms with Gasteiger partial charge in [-0.1, -0.05) is 35.4 Å². The summed E-state index contributed by atoms with van der Waals surface area (Å²) in [5, 5.41) is 10.3. The van der Waals surface area contributed by atoms with Crippen molar-refractivity contribution in [3.05, 3.63) is 35.9 Å². The predicted molar refractivity (Wildman–Crippen MR) is 52.1 cm³/mol. The fraction of sp³-hybridized carbons (Fsp3) is 0.200. The smallest absolute Gasteiger partial charge is 0.264 e. The summed E-state index contributed by atoms with van der Waals surface area (Å²) in [5.74, 6) is -0.305. The molecular weight excluding hydrogens is 178 g/mol. The number of amides is 1. The molecule has 1 aromatic carbocycles. The van der Waals surface area contributed by atoms with E-state index in [1.165, 1.54) is 5.56 Å². The van der Waals surface area contributed by atoms with Gasteiger partial charge in [-0.25, -0.2) is 0 Å². The molecule has 0 bridgehead atoms. The van der Waals surface area contributed by atoms with Crippen molar-refractivity contribution in [1.29, 1.82) is 0 Å². The third kappa shape index (κ3) is 1.90. The molecule has 0 unspecified atom stereocenters. The molecule has 1 aromatic rings. The van der Waals surface area contributed by atoms with Crippen LogP contribution in [0.2, 0.25) is 0 Å². The molecule has 4 heteroatoms. The maximum Gasteiger partial charge on any atom is 0.313 e. The number of rotatable bonds is 3. The maximum atomic E-state index is 11.0. The zero-order valence-corrected chi connectivity index (χ0v) is 7.55. The van der Waals surface area contributed by atoms with E-state index in [-0.39, 0.29) is 5.91 Å². The van der Waals surface area contributed by atoms with Crippen molar-refractivity contribution < 1.29 is 4.79 Å². The molecule has 1 heterocycles. The summed E-state index contributed by atoms with van der Waals surface area (Å²) in [6, 6.07) is 9.96. The molecule has 0 saturated heterocycles. The largest absolute Gasteiger partial charge is 0.313 e. The monoisotopic (exact) mass is 187 g/mol. The minimum absolute atomic E-state index is 0.305. The van der Waals surface area contributed by atoms with Crippen molar-refractivity contribution in [2.24, 2.45) is 15.4 Å². The SMILES string of the molecule is O=C1N=NN=C1CCc1ccccc1. The number of hydrogen-bond acceptors (Lipinski definition) is 3. The molecule has 0 spiro atoms. The molecule has 4 nitrogen and oxygen atoms in total. The van der Waals surface area contributed by atoms with E-state index < -0.39 is 0 Å². The highest BCUT2D eigenvalue weighted by molar-refractivity contribution is 6.39. The molecular formula is C10H9N3O. The lowest BCUT2D eigenvalue weighted by Crippen LogP contribution is -2.08. The maximum absolute atomic E-state index is 11.0. The first-order valence-electron chi connectivity index (χ1n) is 4.42. The fourth-order valence-electron chi connectivity index (χ4n) is 1.28. The third-order valence-electron chi connectivity index (χ3n) is 2.04. The van der Waals surface area contributed by atoms with Gasteiger partial charge in [0.2, 0.25) is 0 Å². The van der Waals surface area contributed by atoms with Crippen LogP contribution < -0.4 is 0 Å². The summed E-state index contributed by atoms with van der Waals surface area (Å²) in [6.07, 6.45) is 1.41. The van der Waals surface area contributed by atoms with Crippen LogP contribution in [0.3, 0.4) is 0 Å². The van der Waals surface area contributed by atoms with Gasteiger partial charge < -0.3 is 0 Å². The van der Waals surface area contributed by atoms with Gasteiger partial charge in [0, 0.05) is 6.42 Å². The Morgan fingerprint density at radius 1 is 1.07 bits per heavy atom. The number of benzene rings is 1. The molecule has 2 rings (SSSR count). The summed E-state index contributed by atoms with van der Waals surface area (Å²) < 4.78 is 0. The van der Waals surface area contributed by atoms with Crippen LogP contribution in [-0.2, 0) is 11.2 Å². The minimum Gasteiger partial charge on any atom is -0.264 e. The van der Waals surface area contributed by atoms with Crippen LogP contribution >= 0.6 is 0 Å². The van der Waals surface area contributed by atoms with Crippen molar-refractivity contribution in [1.82, 2.24) is 0 Å². The summed E-state index contributed by atoms with van der Waals surface area (Å²) >= 11 is 0. The number of carbonyl (C=O) groups is 1. The summed E-state index contributed by atoms with van der Waals surface area (Å²) in [6.45, 7) is 0. The van der Waals surface area contributed by atoms with Crippen LogP contribution in [0, 0.1) is 0 Å². The van der Waals surface area contributed by atoms with Crippen LogP contribution in [0.15, 0.2) is 45.8 Å². The molecule has 0 atom stereocenters. The number of hydrogen-bond donors (Lipinski definition) is 0. The lowest BCUT2D eigenvalue weighted by Gasteiger charge is -1.98. The van der Waals surface area contributed by atoms with Crippen molar-refractivity contribution in [2.45, 2.75) is 12.8 Å². The Hall–Kier alpha value is -1.84. The third-order valence-corrected chi connectivity index (χ3v) is 2.04.